The van der Waals surface area contributed by atoms with E-state index in [1.54, 1.807) is 14.2 Å². The van der Waals surface area contributed by atoms with Gasteiger partial charge < -0.3 is 19.3 Å². The Kier molecular flexibility index (Phi) is 5.59. The van der Waals surface area contributed by atoms with Gasteiger partial charge in [-0.25, -0.2) is 0 Å². The highest BCUT2D eigenvalue weighted by Gasteiger charge is 2.46. The molecule has 132 valence electrons. The van der Waals surface area contributed by atoms with Crippen molar-refractivity contribution in [1.82, 2.24) is 0 Å². The van der Waals surface area contributed by atoms with Crippen LogP contribution in [0, 0.1) is 5.41 Å². The maximum Gasteiger partial charge on any atom is 0.146 e. The molecule has 0 aliphatic heterocycles. The predicted octanol–water partition coefficient (Wildman–Crippen LogP) is 3.48. The summed E-state index contributed by atoms with van der Waals surface area (Å²) in [6.45, 7) is 0.356. The standard InChI is InChI=1S/C20H28O4/c1-22-14-24-18-9-11-20(12-10-18)16(5-8-19(20)21)13-15-3-6-17(23-2)7-4-15/h3-7,18-19,21H,8-14H2,1-2H3/t18?,19-,20?/m0/s1. The van der Waals surface area contributed by atoms with Crippen LogP contribution in [0.15, 0.2) is 35.9 Å². The minimum atomic E-state index is -0.255. The lowest BCUT2D eigenvalue weighted by atomic mass is 9.66. The van der Waals surface area contributed by atoms with Crippen LogP contribution in [0.5, 0.6) is 5.75 Å². The molecule has 1 fully saturated rings. The second-order valence-electron chi connectivity index (χ2n) is 6.93. The molecule has 0 amide bonds. The van der Waals surface area contributed by atoms with Gasteiger partial charge in [0.2, 0.25) is 0 Å². The first-order valence-corrected chi connectivity index (χ1v) is 8.79. The number of aliphatic hydroxyl groups excluding tert-OH is 1. The Morgan fingerprint density at radius 3 is 2.46 bits per heavy atom. The van der Waals surface area contributed by atoms with Crippen LogP contribution in [-0.2, 0) is 15.9 Å². The molecule has 0 bridgehead atoms. The molecule has 4 nitrogen and oxygen atoms in total. The number of hydrogen-bond donors (Lipinski definition) is 1. The molecule has 1 aromatic carbocycles. The van der Waals surface area contributed by atoms with E-state index in [2.05, 4.69) is 18.2 Å². The summed E-state index contributed by atoms with van der Waals surface area (Å²) in [4.78, 5) is 0. The molecule has 0 heterocycles. The second-order valence-corrected chi connectivity index (χ2v) is 6.93. The van der Waals surface area contributed by atoms with Crippen LogP contribution in [-0.4, -0.2) is 38.3 Å². The molecule has 0 saturated heterocycles. The summed E-state index contributed by atoms with van der Waals surface area (Å²) in [5, 5.41) is 10.7. The summed E-state index contributed by atoms with van der Waals surface area (Å²) in [6, 6.07) is 8.24. The van der Waals surface area contributed by atoms with Gasteiger partial charge in [0.05, 0.1) is 19.3 Å². The second kappa shape index (κ2) is 7.68. The fourth-order valence-electron chi connectivity index (χ4n) is 4.20. The van der Waals surface area contributed by atoms with Gasteiger partial charge in [-0.2, -0.15) is 0 Å². The van der Waals surface area contributed by atoms with Gasteiger partial charge in [-0.3, -0.25) is 0 Å². The lowest BCUT2D eigenvalue weighted by molar-refractivity contribution is -0.0987. The molecule has 24 heavy (non-hydrogen) atoms. The largest absolute Gasteiger partial charge is 0.497 e. The Labute approximate surface area is 144 Å². The van der Waals surface area contributed by atoms with E-state index in [0.29, 0.717) is 6.79 Å². The van der Waals surface area contributed by atoms with Gasteiger partial charge in [0.15, 0.2) is 0 Å². The van der Waals surface area contributed by atoms with Crippen molar-refractivity contribution in [2.45, 2.75) is 50.7 Å². The minimum Gasteiger partial charge on any atom is -0.497 e. The normalized spacial score (nSPS) is 29.7. The molecule has 1 saturated carbocycles. The molecule has 4 heteroatoms. The van der Waals surface area contributed by atoms with Crippen LogP contribution in [0.2, 0.25) is 0 Å². The van der Waals surface area contributed by atoms with Gasteiger partial charge in [0.25, 0.3) is 0 Å². The smallest absolute Gasteiger partial charge is 0.146 e. The zero-order valence-corrected chi connectivity index (χ0v) is 14.7. The van der Waals surface area contributed by atoms with Crippen LogP contribution in [0.25, 0.3) is 0 Å². The van der Waals surface area contributed by atoms with Gasteiger partial charge in [0.1, 0.15) is 12.5 Å². The van der Waals surface area contributed by atoms with E-state index in [0.717, 1.165) is 44.3 Å². The first-order chi connectivity index (χ1) is 11.7. The van der Waals surface area contributed by atoms with Crippen molar-refractivity contribution in [3.63, 3.8) is 0 Å². The van der Waals surface area contributed by atoms with E-state index in [9.17, 15) is 5.11 Å². The van der Waals surface area contributed by atoms with Crippen molar-refractivity contribution in [3.8, 4) is 5.75 Å². The maximum absolute atomic E-state index is 10.7. The van der Waals surface area contributed by atoms with Gasteiger partial charge in [-0.15, -0.1) is 0 Å². The van der Waals surface area contributed by atoms with Crippen molar-refractivity contribution in [2.24, 2.45) is 5.41 Å². The molecular weight excluding hydrogens is 304 g/mol. The van der Waals surface area contributed by atoms with Crippen molar-refractivity contribution >= 4 is 0 Å². The lowest BCUT2D eigenvalue weighted by Gasteiger charge is -2.42. The van der Waals surface area contributed by atoms with E-state index in [1.807, 2.05) is 12.1 Å². The van der Waals surface area contributed by atoms with Crippen LogP contribution in [0.3, 0.4) is 0 Å². The molecule has 1 aromatic rings. The van der Waals surface area contributed by atoms with Gasteiger partial charge >= 0.3 is 0 Å². The fraction of sp³-hybridized carbons (Fsp3) is 0.600. The molecule has 0 unspecified atom stereocenters. The molecule has 2 aliphatic rings. The quantitative estimate of drug-likeness (QED) is 0.640. The van der Waals surface area contributed by atoms with E-state index >= 15 is 0 Å². The number of aliphatic hydroxyl groups is 1. The molecule has 3 rings (SSSR count). The zero-order chi connectivity index (χ0) is 17.0. The number of benzene rings is 1. The first-order valence-electron chi connectivity index (χ1n) is 8.79. The summed E-state index contributed by atoms with van der Waals surface area (Å²) in [6.07, 6.45) is 7.89. The lowest BCUT2D eigenvalue weighted by Crippen LogP contribution is -2.39. The molecule has 0 aromatic heterocycles. The van der Waals surface area contributed by atoms with Crippen LogP contribution in [0.1, 0.15) is 37.7 Å². The monoisotopic (exact) mass is 332 g/mol. The SMILES string of the molecule is COCOC1CCC2(CC1)C(Cc1ccc(OC)cc1)=CC[C@@H]2O. The van der Waals surface area contributed by atoms with E-state index < -0.39 is 0 Å². The van der Waals surface area contributed by atoms with E-state index in [4.69, 9.17) is 14.2 Å². The third-order valence-corrected chi connectivity index (χ3v) is 5.66. The highest BCUT2D eigenvalue weighted by Crippen LogP contribution is 2.51. The number of ether oxygens (including phenoxy) is 3. The van der Waals surface area contributed by atoms with E-state index in [1.165, 1.54) is 11.1 Å². The molecule has 1 atom stereocenters. The van der Waals surface area contributed by atoms with Crippen molar-refractivity contribution in [1.29, 1.82) is 0 Å². The maximum atomic E-state index is 10.7. The van der Waals surface area contributed by atoms with Gasteiger partial charge in [-0.1, -0.05) is 23.8 Å². The third kappa shape index (κ3) is 3.51. The van der Waals surface area contributed by atoms with Crippen molar-refractivity contribution < 1.29 is 19.3 Å². The minimum absolute atomic E-state index is 0.0626. The number of rotatable bonds is 6. The van der Waals surface area contributed by atoms with Crippen LogP contribution in [0.4, 0.5) is 0 Å². The number of hydrogen-bond acceptors (Lipinski definition) is 4. The summed E-state index contributed by atoms with van der Waals surface area (Å²) in [5.74, 6) is 0.879. The Morgan fingerprint density at radius 2 is 1.83 bits per heavy atom. The van der Waals surface area contributed by atoms with Crippen molar-refractivity contribution in [3.05, 3.63) is 41.5 Å². The van der Waals surface area contributed by atoms with Crippen LogP contribution >= 0.6 is 0 Å². The highest BCUT2D eigenvalue weighted by molar-refractivity contribution is 5.34. The van der Waals surface area contributed by atoms with Crippen LogP contribution < -0.4 is 4.74 Å². The summed E-state index contributed by atoms with van der Waals surface area (Å²) >= 11 is 0. The zero-order valence-electron chi connectivity index (χ0n) is 14.7. The van der Waals surface area contributed by atoms with Crippen molar-refractivity contribution in [2.75, 3.05) is 21.0 Å². The highest BCUT2D eigenvalue weighted by atomic mass is 16.7. The molecule has 2 aliphatic carbocycles. The summed E-state index contributed by atoms with van der Waals surface area (Å²) in [7, 11) is 3.34. The summed E-state index contributed by atoms with van der Waals surface area (Å²) < 4.78 is 16.0. The average molecular weight is 332 g/mol. The Morgan fingerprint density at radius 1 is 1.12 bits per heavy atom. The Hall–Kier alpha value is -1.36. The molecule has 1 N–H and O–H groups in total. The molecule has 1 spiro atoms. The fourth-order valence-corrected chi connectivity index (χ4v) is 4.20. The topological polar surface area (TPSA) is 47.9 Å². The number of methoxy groups -OCH3 is 2. The first kappa shape index (κ1) is 17.5. The van der Waals surface area contributed by atoms with E-state index in [-0.39, 0.29) is 17.6 Å². The Bertz CT molecular complexity index is 556. The molecular formula is C20H28O4. The third-order valence-electron chi connectivity index (χ3n) is 5.66. The average Bonchev–Trinajstić information content (AvgIpc) is 2.91. The molecule has 0 radical (unpaired) electrons. The van der Waals surface area contributed by atoms with Gasteiger partial charge in [0, 0.05) is 12.5 Å². The summed E-state index contributed by atoms with van der Waals surface area (Å²) in [5.41, 5.74) is 2.60. The predicted molar refractivity (Wildman–Crippen MR) is 93.1 cm³/mol. The Balaban J connectivity index is 1.67. The van der Waals surface area contributed by atoms with Gasteiger partial charge in [-0.05, 0) is 56.2 Å².